The largest absolute Gasteiger partial charge is 0.369 e. The second-order valence-electron chi connectivity index (χ2n) is 7.42. The third kappa shape index (κ3) is 4.14. The van der Waals surface area contributed by atoms with Gasteiger partial charge in [0.25, 0.3) is 0 Å². The summed E-state index contributed by atoms with van der Waals surface area (Å²) in [5, 5.41) is 4.69. The van der Waals surface area contributed by atoms with E-state index in [0.717, 1.165) is 45.5 Å². The van der Waals surface area contributed by atoms with Crippen molar-refractivity contribution < 1.29 is 0 Å². The van der Waals surface area contributed by atoms with Gasteiger partial charge in [0.05, 0.1) is 5.52 Å². The third-order valence-corrected chi connectivity index (χ3v) is 5.92. The van der Waals surface area contributed by atoms with Crippen LogP contribution in [0, 0.1) is 6.92 Å². The molecule has 1 aliphatic heterocycles. The lowest BCUT2D eigenvalue weighted by Gasteiger charge is -2.20. The molecule has 4 rings (SSSR count). The van der Waals surface area contributed by atoms with E-state index in [2.05, 4.69) is 70.4 Å². The zero-order valence-corrected chi connectivity index (χ0v) is 17.5. The monoisotopic (exact) mass is 424 g/mol. The van der Waals surface area contributed by atoms with Gasteiger partial charge in [-0.05, 0) is 64.0 Å². The minimum Gasteiger partial charge on any atom is -0.369 e. The van der Waals surface area contributed by atoms with Gasteiger partial charge in [-0.25, -0.2) is 9.97 Å². The molecule has 4 nitrogen and oxygen atoms in total. The van der Waals surface area contributed by atoms with Crippen LogP contribution in [0.2, 0.25) is 0 Å². The number of anilines is 1. The van der Waals surface area contributed by atoms with Crippen molar-refractivity contribution in [3.05, 3.63) is 52.5 Å². The maximum atomic E-state index is 4.87. The Kier molecular flexibility index (Phi) is 5.41. The third-order valence-electron chi connectivity index (χ3n) is 5.40. The topological polar surface area (TPSA) is 41.1 Å². The molecule has 140 valence electrons. The smallest absolute Gasteiger partial charge is 0.162 e. The predicted octanol–water partition coefficient (Wildman–Crippen LogP) is 5.26. The molecule has 1 aliphatic rings. The molecule has 1 fully saturated rings. The van der Waals surface area contributed by atoms with Crippen molar-refractivity contribution in [2.24, 2.45) is 0 Å². The summed E-state index contributed by atoms with van der Waals surface area (Å²) < 4.78 is 1.06. The second-order valence-corrected chi connectivity index (χ2v) is 8.33. The van der Waals surface area contributed by atoms with E-state index in [1.54, 1.807) is 0 Å². The highest BCUT2D eigenvalue weighted by atomic mass is 79.9. The molecule has 0 aliphatic carbocycles. The van der Waals surface area contributed by atoms with Crippen molar-refractivity contribution in [1.82, 2.24) is 14.9 Å². The van der Waals surface area contributed by atoms with Gasteiger partial charge in [-0.3, -0.25) is 0 Å². The summed E-state index contributed by atoms with van der Waals surface area (Å²) in [7, 11) is 2.23. The first-order valence-electron chi connectivity index (χ1n) is 9.58. The molecule has 2 heterocycles. The van der Waals surface area contributed by atoms with Crippen LogP contribution in [0.3, 0.4) is 0 Å². The van der Waals surface area contributed by atoms with Gasteiger partial charge >= 0.3 is 0 Å². The van der Waals surface area contributed by atoms with Crippen molar-refractivity contribution in [2.45, 2.75) is 32.2 Å². The summed E-state index contributed by atoms with van der Waals surface area (Å²) in [6.07, 6.45) is 3.75. The van der Waals surface area contributed by atoms with E-state index < -0.39 is 0 Å². The summed E-state index contributed by atoms with van der Waals surface area (Å²) in [6, 6.07) is 15.2. The number of fused-ring (bicyclic) bond motifs is 1. The Balaban J connectivity index is 1.64. The van der Waals surface area contributed by atoms with Gasteiger partial charge in [-0.2, -0.15) is 0 Å². The molecule has 1 saturated heterocycles. The number of hydrogen-bond donors (Lipinski definition) is 1. The Morgan fingerprint density at radius 3 is 2.70 bits per heavy atom. The molecule has 1 aromatic heterocycles. The Hall–Kier alpha value is -1.98. The van der Waals surface area contributed by atoms with Gasteiger partial charge in [-0.1, -0.05) is 39.7 Å². The van der Waals surface area contributed by atoms with Crippen LogP contribution in [0.5, 0.6) is 0 Å². The Labute approximate surface area is 169 Å². The van der Waals surface area contributed by atoms with E-state index >= 15 is 0 Å². The molecule has 1 unspecified atom stereocenters. The van der Waals surface area contributed by atoms with Gasteiger partial charge in [0.15, 0.2) is 5.82 Å². The van der Waals surface area contributed by atoms with Gasteiger partial charge in [0.2, 0.25) is 0 Å². The highest BCUT2D eigenvalue weighted by Crippen LogP contribution is 2.27. The molecule has 27 heavy (non-hydrogen) atoms. The molecule has 0 saturated carbocycles. The van der Waals surface area contributed by atoms with Crippen LogP contribution in [0.25, 0.3) is 22.3 Å². The Morgan fingerprint density at radius 2 is 1.96 bits per heavy atom. The standard InChI is InChI=1S/C22H25BrN4/c1-15-5-10-20-19(14-15)22(24-12-11-18-4-3-13-27(18)2)26-21(25-20)16-6-8-17(23)9-7-16/h5-10,14,18H,3-4,11-13H2,1-2H3,(H,24,25,26). The van der Waals surface area contributed by atoms with E-state index in [1.807, 2.05) is 12.1 Å². The zero-order chi connectivity index (χ0) is 18.8. The molecule has 0 radical (unpaired) electrons. The SMILES string of the molecule is Cc1ccc2nc(-c3ccc(Br)cc3)nc(NCCC3CCCN3C)c2c1. The molecule has 1 N–H and O–H groups in total. The maximum absolute atomic E-state index is 4.87. The average molecular weight is 425 g/mol. The fourth-order valence-electron chi connectivity index (χ4n) is 3.81. The molecule has 2 aromatic carbocycles. The van der Waals surface area contributed by atoms with E-state index in [4.69, 9.17) is 9.97 Å². The molecular weight excluding hydrogens is 400 g/mol. The number of nitrogens with zero attached hydrogens (tertiary/aromatic N) is 3. The van der Waals surface area contributed by atoms with Crippen molar-refractivity contribution in [3.63, 3.8) is 0 Å². The predicted molar refractivity (Wildman–Crippen MR) is 116 cm³/mol. The number of likely N-dealkylation sites (tertiary alicyclic amines) is 1. The zero-order valence-electron chi connectivity index (χ0n) is 15.9. The van der Waals surface area contributed by atoms with E-state index in [9.17, 15) is 0 Å². The van der Waals surface area contributed by atoms with E-state index in [1.165, 1.54) is 24.9 Å². The number of halogens is 1. The number of rotatable bonds is 5. The van der Waals surface area contributed by atoms with Crippen LogP contribution in [0.4, 0.5) is 5.82 Å². The van der Waals surface area contributed by atoms with Crippen LogP contribution in [-0.4, -0.2) is 41.0 Å². The van der Waals surface area contributed by atoms with E-state index in [-0.39, 0.29) is 0 Å². The van der Waals surface area contributed by atoms with Crippen LogP contribution in [0.15, 0.2) is 46.9 Å². The summed E-state index contributed by atoms with van der Waals surface area (Å²) >= 11 is 3.49. The Morgan fingerprint density at radius 1 is 1.15 bits per heavy atom. The highest BCUT2D eigenvalue weighted by molar-refractivity contribution is 9.10. The summed E-state index contributed by atoms with van der Waals surface area (Å²) in [5.74, 6) is 1.70. The molecule has 0 amide bonds. The number of aryl methyl sites for hydroxylation is 1. The minimum absolute atomic E-state index is 0.679. The molecule has 1 atom stereocenters. The number of aromatic nitrogens is 2. The molecule has 0 bridgehead atoms. The van der Waals surface area contributed by atoms with Gasteiger partial charge in [-0.15, -0.1) is 0 Å². The maximum Gasteiger partial charge on any atom is 0.162 e. The molecule has 0 spiro atoms. The number of nitrogens with one attached hydrogen (secondary N) is 1. The van der Waals surface area contributed by atoms with Crippen LogP contribution >= 0.6 is 15.9 Å². The van der Waals surface area contributed by atoms with Crippen molar-refractivity contribution in [1.29, 1.82) is 0 Å². The number of hydrogen-bond acceptors (Lipinski definition) is 4. The summed E-state index contributed by atoms with van der Waals surface area (Å²) in [6.45, 7) is 4.25. The normalized spacial score (nSPS) is 17.5. The first-order valence-corrected chi connectivity index (χ1v) is 10.4. The van der Waals surface area contributed by atoms with Crippen LogP contribution in [-0.2, 0) is 0 Å². The lowest BCUT2D eigenvalue weighted by atomic mass is 10.1. The van der Waals surface area contributed by atoms with Crippen molar-refractivity contribution >= 4 is 32.7 Å². The fraction of sp³-hybridized carbons (Fsp3) is 0.364. The van der Waals surface area contributed by atoms with Crippen LogP contribution in [0.1, 0.15) is 24.8 Å². The minimum atomic E-state index is 0.679. The second kappa shape index (κ2) is 7.95. The van der Waals surface area contributed by atoms with Gasteiger partial charge < -0.3 is 10.2 Å². The van der Waals surface area contributed by atoms with Crippen molar-refractivity contribution in [2.75, 3.05) is 25.5 Å². The van der Waals surface area contributed by atoms with Gasteiger partial charge in [0.1, 0.15) is 5.82 Å². The average Bonchev–Trinajstić information content (AvgIpc) is 3.07. The van der Waals surface area contributed by atoms with Crippen LogP contribution < -0.4 is 5.32 Å². The van der Waals surface area contributed by atoms with E-state index in [0.29, 0.717) is 6.04 Å². The molecule has 5 heteroatoms. The molecular formula is C22H25BrN4. The summed E-state index contributed by atoms with van der Waals surface area (Å²) in [5.41, 5.74) is 3.23. The van der Waals surface area contributed by atoms with Gasteiger partial charge in [0, 0.05) is 28.0 Å². The quantitative estimate of drug-likeness (QED) is 0.605. The fourth-order valence-corrected chi connectivity index (χ4v) is 4.07. The Bertz CT molecular complexity index is 939. The number of benzene rings is 2. The summed E-state index contributed by atoms with van der Waals surface area (Å²) in [4.78, 5) is 12.1. The van der Waals surface area contributed by atoms with Crippen molar-refractivity contribution in [3.8, 4) is 11.4 Å². The molecule has 3 aromatic rings. The lowest BCUT2D eigenvalue weighted by molar-refractivity contribution is 0.301. The first kappa shape index (κ1) is 18.4. The lowest BCUT2D eigenvalue weighted by Crippen LogP contribution is -2.27. The first-order chi connectivity index (χ1) is 13.1. The highest BCUT2D eigenvalue weighted by Gasteiger charge is 2.20.